The quantitative estimate of drug-likeness (QED) is 0.875. The van der Waals surface area contributed by atoms with Crippen LogP contribution in [0.1, 0.15) is 30.7 Å². The number of ether oxygens (including phenoxy) is 1. The minimum absolute atomic E-state index is 0.264. The molecule has 1 N–H and O–H groups in total. The molecule has 6 nitrogen and oxygen atoms in total. The Morgan fingerprint density at radius 1 is 1.33 bits per heavy atom. The molecule has 0 spiro atoms. The monoisotopic (exact) mass is 311 g/mol. The van der Waals surface area contributed by atoms with Crippen LogP contribution >= 0.6 is 0 Å². The highest BCUT2D eigenvalue weighted by Gasteiger charge is 2.23. The normalized spacial score (nSPS) is 18.5. The third-order valence-electron chi connectivity index (χ3n) is 3.27. The maximum atomic E-state index is 11.3. The molecule has 21 heavy (non-hydrogen) atoms. The van der Waals surface area contributed by atoms with Gasteiger partial charge >= 0.3 is 0 Å². The van der Waals surface area contributed by atoms with Gasteiger partial charge in [-0.05, 0) is 30.0 Å². The largest absolute Gasteiger partial charge is 0.484 e. The zero-order valence-electron chi connectivity index (χ0n) is 11.7. The van der Waals surface area contributed by atoms with Crippen LogP contribution in [-0.2, 0) is 19.6 Å². The van der Waals surface area contributed by atoms with Gasteiger partial charge in [-0.3, -0.25) is 14.3 Å². The van der Waals surface area contributed by atoms with E-state index < -0.39 is 15.9 Å². The minimum atomic E-state index is -3.56. The first-order valence-electron chi connectivity index (χ1n) is 6.58. The molecule has 1 saturated carbocycles. The van der Waals surface area contributed by atoms with Gasteiger partial charge in [-0.25, -0.2) is 8.42 Å². The number of ketones is 1. The lowest BCUT2D eigenvalue weighted by Crippen LogP contribution is -2.33. The molecule has 1 amide bonds. The Balaban J connectivity index is 1.88. The van der Waals surface area contributed by atoms with Crippen LogP contribution in [0.5, 0.6) is 5.75 Å². The summed E-state index contributed by atoms with van der Waals surface area (Å²) >= 11 is 0. The fourth-order valence-electron chi connectivity index (χ4n) is 2.32. The summed E-state index contributed by atoms with van der Waals surface area (Å²) in [4.78, 5) is 22.6. The predicted molar refractivity (Wildman–Crippen MR) is 76.5 cm³/mol. The molecule has 7 heteroatoms. The predicted octanol–water partition coefficient (Wildman–Crippen LogP) is 0.978. The summed E-state index contributed by atoms with van der Waals surface area (Å²) in [7, 11) is -3.56. The lowest BCUT2D eigenvalue weighted by Gasteiger charge is -2.10. The standard InChI is InChI=1S/C14H17NO5S/c1-21(18,19)15-14(17)9-20-13-6-3-10(4-7-13)11-2-5-12(16)8-11/h3-4,6-7,11H,2,5,8-9H2,1H3,(H,15,17). The van der Waals surface area contributed by atoms with Gasteiger partial charge in [-0.2, -0.15) is 0 Å². The first kappa shape index (κ1) is 15.5. The Bertz CT molecular complexity index is 636. The van der Waals surface area contributed by atoms with Gasteiger partial charge in [0.15, 0.2) is 6.61 Å². The molecule has 1 aliphatic carbocycles. The van der Waals surface area contributed by atoms with Gasteiger partial charge in [0, 0.05) is 12.8 Å². The summed E-state index contributed by atoms with van der Waals surface area (Å²) in [5.41, 5.74) is 1.08. The number of nitrogens with one attached hydrogen (secondary N) is 1. The van der Waals surface area contributed by atoms with Crippen LogP contribution in [0.2, 0.25) is 0 Å². The van der Waals surface area contributed by atoms with Crippen molar-refractivity contribution in [2.45, 2.75) is 25.2 Å². The number of hydrogen-bond donors (Lipinski definition) is 1. The zero-order chi connectivity index (χ0) is 15.5. The van der Waals surface area contributed by atoms with Gasteiger partial charge in [0.25, 0.3) is 5.91 Å². The second kappa shape index (κ2) is 6.26. The molecule has 1 atom stereocenters. The molecule has 1 aromatic rings. The summed E-state index contributed by atoms with van der Waals surface area (Å²) in [5.74, 6) is 0.313. The fraction of sp³-hybridized carbons (Fsp3) is 0.429. The van der Waals surface area contributed by atoms with E-state index >= 15 is 0 Å². The van der Waals surface area contributed by atoms with Gasteiger partial charge in [0.2, 0.25) is 10.0 Å². The molecule has 0 heterocycles. The van der Waals surface area contributed by atoms with Crippen LogP contribution in [0.3, 0.4) is 0 Å². The van der Waals surface area contributed by atoms with Crippen molar-refractivity contribution in [3.8, 4) is 5.75 Å². The van der Waals surface area contributed by atoms with Crippen molar-refractivity contribution >= 4 is 21.7 Å². The molecule has 0 aliphatic heterocycles. The van der Waals surface area contributed by atoms with Crippen molar-refractivity contribution in [2.75, 3.05) is 12.9 Å². The number of benzene rings is 1. The summed E-state index contributed by atoms with van der Waals surface area (Å²) in [6, 6.07) is 7.16. The van der Waals surface area contributed by atoms with E-state index in [1.807, 2.05) is 16.9 Å². The molecule has 0 radical (unpaired) electrons. The highest BCUT2D eigenvalue weighted by molar-refractivity contribution is 7.89. The average Bonchev–Trinajstić information content (AvgIpc) is 2.82. The van der Waals surface area contributed by atoms with Crippen molar-refractivity contribution in [3.63, 3.8) is 0 Å². The molecule has 1 aliphatic rings. The van der Waals surface area contributed by atoms with E-state index in [-0.39, 0.29) is 18.3 Å². The van der Waals surface area contributed by atoms with Gasteiger partial charge < -0.3 is 4.74 Å². The van der Waals surface area contributed by atoms with E-state index in [9.17, 15) is 18.0 Å². The van der Waals surface area contributed by atoms with Gasteiger partial charge in [-0.1, -0.05) is 12.1 Å². The van der Waals surface area contributed by atoms with Gasteiger partial charge in [0.05, 0.1) is 6.26 Å². The van der Waals surface area contributed by atoms with Crippen molar-refractivity contribution in [1.82, 2.24) is 4.72 Å². The molecule has 1 aromatic carbocycles. The van der Waals surface area contributed by atoms with Crippen molar-refractivity contribution < 1.29 is 22.7 Å². The summed E-state index contributed by atoms with van der Waals surface area (Å²) in [6.07, 6.45) is 2.99. The highest BCUT2D eigenvalue weighted by Crippen LogP contribution is 2.32. The Kier molecular flexibility index (Phi) is 4.62. The van der Waals surface area contributed by atoms with Crippen LogP contribution in [-0.4, -0.2) is 33.0 Å². The first-order chi connectivity index (χ1) is 9.83. The van der Waals surface area contributed by atoms with Crippen molar-refractivity contribution in [3.05, 3.63) is 29.8 Å². The number of carbonyl (C=O) groups excluding carboxylic acids is 2. The fourth-order valence-corrected chi connectivity index (χ4v) is 2.79. The number of carbonyl (C=O) groups is 2. The van der Waals surface area contributed by atoms with Crippen LogP contribution in [0.4, 0.5) is 0 Å². The Hall–Kier alpha value is -1.89. The number of hydrogen-bond acceptors (Lipinski definition) is 5. The first-order valence-corrected chi connectivity index (χ1v) is 8.48. The molecule has 114 valence electrons. The lowest BCUT2D eigenvalue weighted by atomic mass is 9.98. The number of rotatable bonds is 5. The average molecular weight is 311 g/mol. The third kappa shape index (κ3) is 4.86. The second-order valence-corrected chi connectivity index (χ2v) is 6.88. The molecular formula is C14H17NO5S. The lowest BCUT2D eigenvalue weighted by molar-refractivity contribution is -0.121. The van der Waals surface area contributed by atoms with E-state index in [4.69, 9.17) is 4.74 Å². The topological polar surface area (TPSA) is 89.5 Å². The highest BCUT2D eigenvalue weighted by atomic mass is 32.2. The summed E-state index contributed by atoms with van der Waals surface area (Å²) in [5, 5.41) is 0. The Morgan fingerprint density at radius 2 is 2.00 bits per heavy atom. The van der Waals surface area contributed by atoms with E-state index in [1.54, 1.807) is 12.1 Å². The maximum Gasteiger partial charge on any atom is 0.271 e. The smallest absolute Gasteiger partial charge is 0.271 e. The van der Waals surface area contributed by atoms with Gasteiger partial charge in [0.1, 0.15) is 11.5 Å². The summed E-state index contributed by atoms with van der Waals surface area (Å²) in [6.45, 7) is -0.367. The number of amides is 1. The van der Waals surface area contributed by atoms with E-state index in [2.05, 4.69) is 0 Å². The second-order valence-electron chi connectivity index (χ2n) is 5.13. The third-order valence-corrected chi connectivity index (χ3v) is 3.86. The molecule has 0 saturated heterocycles. The van der Waals surface area contributed by atoms with Crippen LogP contribution in [0.25, 0.3) is 0 Å². The Morgan fingerprint density at radius 3 is 2.52 bits per heavy atom. The zero-order valence-corrected chi connectivity index (χ0v) is 12.5. The Labute approximate surface area is 123 Å². The molecule has 1 fully saturated rings. The van der Waals surface area contributed by atoms with E-state index in [1.165, 1.54) is 0 Å². The number of Topliss-reactive ketones (excluding diaryl/α,β-unsaturated/α-hetero) is 1. The van der Waals surface area contributed by atoms with Gasteiger partial charge in [-0.15, -0.1) is 0 Å². The molecular weight excluding hydrogens is 294 g/mol. The maximum absolute atomic E-state index is 11.3. The molecule has 1 unspecified atom stereocenters. The molecule has 2 rings (SSSR count). The van der Waals surface area contributed by atoms with Crippen LogP contribution in [0, 0.1) is 0 Å². The van der Waals surface area contributed by atoms with E-state index in [0.29, 0.717) is 18.6 Å². The van der Waals surface area contributed by atoms with Crippen molar-refractivity contribution in [1.29, 1.82) is 0 Å². The van der Waals surface area contributed by atoms with E-state index in [0.717, 1.165) is 18.2 Å². The molecule has 0 bridgehead atoms. The van der Waals surface area contributed by atoms with Crippen molar-refractivity contribution in [2.24, 2.45) is 0 Å². The summed E-state index contributed by atoms with van der Waals surface area (Å²) < 4.78 is 28.7. The SMILES string of the molecule is CS(=O)(=O)NC(=O)COc1ccc(C2CCC(=O)C2)cc1. The molecule has 0 aromatic heterocycles. The van der Waals surface area contributed by atoms with Crippen LogP contribution < -0.4 is 9.46 Å². The minimum Gasteiger partial charge on any atom is -0.484 e. The van der Waals surface area contributed by atoms with Crippen LogP contribution in [0.15, 0.2) is 24.3 Å². The number of sulfonamides is 1.